The predicted molar refractivity (Wildman–Crippen MR) is 105 cm³/mol. The molecule has 7 nitrogen and oxygen atoms in total. The van der Waals surface area contributed by atoms with Crippen LogP contribution in [0.25, 0.3) is 0 Å². The quantitative estimate of drug-likeness (QED) is 0.849. The minimum atomic E-state index is -3.20. The number of hydrogen-bond donors (Lipinski definition) is 1. The Labute approximate surface area is 160 Å². The third-order valence-electron chi connectivity index (χ3n) is 5.38. The molecule has 0 radical (unpaired) electrons. The van der Waals surface area contributed by atoms with E-state index in [4.69, 9.17) is 0 Å². The predicted octanol–water partition coefficient (Wildman–Crippen LogP) is 2.12. The summed E-state index contributed by atoms with van der Waals surface area (Å²) in [5.41, 5.74) is 2.53. The van der Waals surface area contributed by atoms with Gasteiger partial charge in [-0.15, -0.1) is 0 Å². The van der Waals surface area contributed by atoms with Crippen molar-refractivity contribution in [3.05, 3.63) is 23.8 Å². The van der Waals surface area contributed by atoms with Crippen LogP contribution >= 0.6 is 0 Å². The molecule has 8 heteroatoms. The summed E-state index contributed by atoms with van der Waals surface area (Å²) in [4.78, 5) is 26.6. The van der Waals surface area contributed by atoms with E-state index in [9.17, 15) is 18.0 Å². The molecule has 1 N–H and O–H groups in total. The summed E-state index contributed by atoms with van der Waals surface area (Å²) >= 11 is 0. The topological polar surface area (TPSA) is 86.8 Å². The maximum absolute atomic E-state index is 12.6. The Morgan fingerprint density at radius 2 is 1.85 bits per heavy atom. The molecule has 0 saturated carbocycles. The highest BCUT2D eigenvalue weighted by Crippen LogP contribution is 2.28. The molecule has 1 aromatic carbocycles. The van der Waals surface area contributed by atoms with E-state index < -0.39 is 10.0 Å². The number of aryl methyl sites for hydroxylation is 1. The average molecular weight is 394 g/mol. The molecule has 2 amide bonds. The van der Waals surface area contributed by atoms with E-state index >= 15 is 0 Å². The number of carbonyl (C=O) groups is 2. The van der Waals surface area contributed by atoms with Crippen LogP contribution in [0.1, 0.15) is 37.7 Å². The maximum Gasteiger partial charge on any atom is 0.227 e. The van der Waals surface area contributed by atoms with Gasteiger partial charge in [0.25, 0.3) is 0 Å². The van der Waals surface area contributed by atoms with Gasteiger partial charge in [-0.25, -0.2) is 12.7 Å². The Kier molecular flexibility index (Phi) is 5.86. The number of amides is 2. The highest BCUT2D eigenvalue weighted by Gasteiger charge is 2.29. The van der Waals surface area contributed by atoms with E-state index in [1.54, 1.807) is 4.90 Å². The number of sulfonamides is 1. The zero-order chi connectivity index (χ0) is 19.6. The van der Waals surface area contributed by atoms with Crippen molar-refractivity contribution in [2.45, 2.75) is 39.0 Å². The van der Waals surface area contributed by atoms with Crippen molar-refractivity contribution in [1.82, 2.24) is 4.31 Å². The normalized spacial score (nSPS) is 19.9. The van der Waals surface area contributed by atoms with Crippen molar-refractivity contribution in [3.8, 4) is 0 Å². The zero-order valence-corrected chi connectivity index (χ0v) is 16.7. The van der Waals surface area contributed by atoms with Gasteiger partial charge in [0.2, 0.25) is 21.8 Å². The molecule has 1 aromatic rings. The van der Waals surface area contributed by atoms with Crippen LogP contribution in [0.2, 0.25) is 0 Å². The molecule has 0 bridgehead atoms. The molecule has 0 spiro atoms. The van der Waals surface area contributed by atoms with E-state index in [1.807, 2.05) is 25.1 Å². The summed E-state index contributed by atoms with van der Waals surface area (Å²) in [6.45, 7) is 3.42. The largest absolute Gasteiger partial charge is 0.326 e. The number of nitrogens with zero attached hydrogens (tertiary/aromatic N) is 2. The fourth-order valence-electron chi connectivity index (χ4n) is 3.73. The van der Waals surface area contributed by atoms with Crippen molar-refractivity contribution in [2.75, 3.05) is 36.1 Å². The third-order valence-corrected chi connectivity index (χ3v) is 6.69. The first-order chi connectivity index (χ1) is 12.8. The van der Waals surface area contributed by atoms with Crippen molar-refractivity contribution in [2.24, 2.45) is 5.92 Å². The van der Waals surface area contributed by atoms with Crippen LogP contribution in [0.3, 0.4) is 0 Å². The van der Waals surface area contributed by atoms with Gasteiger partial charge >= 0.3 is 0 Å². The second-order valence-corrected chi connectivity index (χ2v) is 9.41. The molecule has 0 unspecified atom stereocenters. The van der Waals surface area contributed by atoms with Gasteiger partial charge in [-0.2, -0.15) is 0 Å². The van der Waals surface area contributed by atoms with Gasteiger partial charge < -0.3 is 10.2 Å². The lowest BCUT2D eigenvalue weighted by Crippen LogP contribution is -2.40. The summed E-state index contributed by atoms with van der Waals surface area (Å²) in [7, 11) is -3.20. The number of hydrogen-bond acceptors (Lipinski definition) is 4. The number of nitrogens with one attached hydrogen (secondary N) is 1. The van der Waals surface area contributed by atoms with Crippen molar-refractivity contribution in [1.29, 1.82) is 0 Å². The zero-order valence-electron chi connectivity index (χ0n) is 15.9. The van der Waals surface area contributed by atoms with Crippen molar-refractivity contribution >= 4 is 33.2 Å². The number of benzene rings is 1. The van der Waals surface area contributed by atoms with Crippen molar-refractivity contribution < 1.29 is 18.0 Å². The summed E-state index contributed by atoms with van der Waals surface area (Å²) < 4.78 is 24.6. The van der Waals surface area contributed by atoms with Crippen LogP contribution in [0.15, 0.2) is 18.2 Å². The lowest BCUT2D eigenvalue weighted by atomic mass is 9.97. The number of carbonyl (C=O) groups excluding carboxylic acids is 2. The van der Waals surface area contributed by atoms with Gasteiger partial charge in [0.05, 0.1) is 6.26 Å². The molecule has 2 aliphatic rings. The number of anilines is 2. The molecule has 2 saturated heterocycles. The molecule has 3 rings (SSSR count). The van der Waals surface area contributed by atoms with Gasteiger partial charge in [0.1, 0.15) is 0 Å². The molecule has 2 fully saturated rings. The average Bonchev–Trinajstić information content (AvgIpc) is 2.63. The fourth-order valence-corrected chi connectivity index (χ4v) is 4.61. The van der Waals surface area contributed by atoms with Gasteiger partial charge in [-0.3, -0.25) is 9.59 Å². The second kappa shape index (κ2) is 7.98. The Balaban J connectivity index is 1.66. The van der Waals surface area contributed by atoms with Crippen LogP contribution in [0, 0.1) is 12.8 Å². The van der Waals surface area contributed by atoms with Crippen LogP contribution < -0.4 is 10.2 Å². The lowest BCUT2D eigenvalue weighted by molar-refractivity contribution is -0.121. The standard InChI is InChI=1S/C19H27N3O4S/c1-14-6-7-16(13-17(14)22-10-4-3-5-18(22)23)20-19(24)15-8-11-21(12-9-15)27(2,25)26/h6-7,13,15H,3-5,8-12H2,1-2H3,(H,20,24). The molecule has 0 aliphatic carbocycles. The van der Waals surface area contributed by atoms with E-state index in [-0.39, 0.29) is 17.7 Å². The fraction of sp³-hybridized carbons (Fsp3) is 0.579. The van der Waals surface area contributed by atoms with E-state index in [2.05, 4.69) is 5.32 Å². The number of rotatable bonds is 4. The van der Waals surface area contributed by atoms with Crippen LogP contribution in [-0.4, -0.2) is 50.4 Å². The summed E-state index contributed by atoms with van der Waals surface area (Å²) in [5, 5.41) is 2.94. The monoisotopic (exact) mass is 393 g/mol. The second-order valence-electron chi connectivity index (χ2n) is 7.43. The van der Waals surface area contributed by atoms with Gasteiger partial charge in [-0.1, -0.05) is 6.07 Å². The summed E-state index contributed by atoms with van der Waals surface area (Å²) in [5.74, 6) is -0.173. The van der Waals surface area contributed by atoms with E-state index in [0.717, 1.165) is 24.1 Å². The van der Waals surface area contributed by atoms with Crippen LogP contribution in [0.5, 0.6) is 0 Å². The highest BCUT2D eigenvalue weighted by atomic mass is 32.2. The first-order valence-electron chi connectivity index (χ1n) is 9.43. The third kappa shape index (κ3) is 4.68. The Bertz CT molecular complexity index is 829. The Morgan fingerprint density at radius 1 is 1.15 bits per heavy atom. The molecular formula is C19H27N3O4S. The Hall–Kier alpha value is -1.93. The van der Waals surface area contributed by atoms with Gasteiger partial charge in [0, 0.05) is 43.3 Å². The van der Waals surface area contributed by atoms with E-state index in [0.29, 0.717) is 44.6 Å². The molecule has 0 aromatic heterocycles. The molecular weight excluding hydrogens is 366 g/mol. The molecule has 2 heterocycles. The van der Waals surface area contributed by atoms with Crippen LogP contribution in [-0.2, 0) is 19.6 Å². The minimum Gasteiger partial charge on any atom is -0.326 e. The first kappa shape index (κ1) is 19.8. The highest BCUT2D eigenvalue weighted by molar-refractivity contribution is 7.88. The molecule has 2 aliphatic heterocycles. The number of piperidine rings is 2. The molecule has 148 valence electrons. The van der Waals surface area contributed by atoms with Crippen molar-refractivity contribution in [3.63, 3.8) is 0 Å². The van der Waals surface area contributed by atoms with E-state index in [1.165, 1.54) is 10.6 Å². The summed E-state index contributed by atoms with van der Waals surface area (Å²) in [6.07, 6.45) is 4.71. The smallest absolute Gasteiger partial charge is 0.227 e. The molecule has 27 heavy (non-hydrogen) atoms. The van der Waals surface area contributed by atoms with Gasteiger partial charge in [0.15, 0.2) is 0 Å². The Morgan fingerprint density at radius 3 is 2.48 bits per heavy atom. The first-order valence-corrected chi connectivity index (χ1v) is 11.3. The maximum atomic E-state index is 12.6. The summed E-state index contributed by atoms with van der Waals surface area (Å²) in [6, 6.07) is 5.62. The minimum absolute atomic E-state index is 0.0945. The lowest BCUT2D eigenvalue weighted by Gasteiger charge is -2.30. The van der Waals surface area contributed by atoms with Gasteiger partial charge in [-0.05, 0) is 50.3 Å². The molecule has 0 atom stereocenters. The SMILES string of the molecule is Cc1ccc(NC(=O)C2CCN(S(C)(=O)=O)CC2)cc1N1CCCCC1=O. The van der Waals surface area contributed by atoms with Crippen LogP contribution in [0.4, 0.5) is 11.4 Å².